The summed E-state index contributed by atoms with van der Waals surface area (Å²) < 4.78 is 15.6. The second kappa shape index (κ2) is 11.0. The number of imidazole rings is 1. The lowest BCUT2D eigenvalue weighted by molar-refractivity contribution is 0.289. The third-order valence-corrected chi connectivity index (χ3v) is 8.26. The standard InChI is InChI=1S/C27H31N7O2S.ClH/c1-17-12-22(33(4)31-17)27-30-21-13-19-6-9-34(10-7-20(19)14-23(21)36-27)8-5-11-37-24-15-28-26(32(24)3)25-18(2)29-16-35-25;/h12-16H,5-11H2,1-4H3;1H. The van der Waals surface area contributed by atoms with Crippen molar-refractivity contribution in [2.45, 2.75) is 38.1 Å². The van der Waals surface area contributed by atoms with Crippen LogP contribution in [0.3, 0.4) is 0 Å². The molecule has 0 spiro atoms. The van der Waals surface area contributed by atoms with E-state index >= 15 is 0 Å². The summed E-state index contributed by atoms with van der Waals surface area (Å²) >= 11 is 1.84. The number of nitrogens with zero attached hydrogens (tertiary/aromatic N) is 7. The Morgan fingerprint density at radius 2 is 1.82 bits per heavy atom. The number of hydrogen-bond donors (Lipinski definition) is 0. The van der Waals surface area contributed by atoms with E-state index in [1.807, 2.05) is 56.6 Å². The van der Waals surface area contributed by atoms with Gasteiger partial charge in [-0.3, -0.25) is 4.68 Å². The van der Waals surface area contributed by atoms with Gasteiger partial charge in [0.05, 0.1) is 22.6 Å². The van der Waals surface area contributed by atoms with Crippen molar-refractivity contribution < 1.29 is 8.83 Å². The van der Waals surface area contributed by atoms with Crippen molar-refractivity contribution in [1.82, 2.24) is 34.2 Å². The average Bonchev–Trinajstić information content (AvgIpc) is 3.62. The summed E-state index contributed by atoms with van der Waals surface area (Å²) in [6.45, 7) is 7.13. The molecule has 0 saturated carbocycles. The van der Waals surface area contributed by atoms with Crippen LogP contribution in [0, 0.1) is 13.8 Å². The number of halogens is 1. The normalized spacial score (nSPS) is 14.0. The van der Waals surface area contributed by atoms with Crippen LogP contribution < -0.4 is 0 Å². The molecule has 11 heteroatoms. The topological polar surface area (TPSA) is 90.9 Å². The van der Waals surface area contributed by atoms with E-state index in [-0.39, 0.29) is 12.4 Å². The summed E-state index contributed by atoms with van der Waals surface area (Å²) in [4.78, 5) is 16.1. The lowest BCUT2D eigenvalue weighted by Gasteiger charge is -2.19. The van der Waals surface area contributed by atoms with Crippen molar-refractivity contribution in [3.63, 3.8) is 0 Å². The van der Waals surface area contributed by atoms with Crippen LogP contribution in [0.4, 0.5) is 0 Å². The van der Waals surface area contributed by atoms with Gasteiger partial charge in [0.15, 0.2) is 23.6 Å². The molecule has 0 amide bonds. The molecule has 0 N–H and O–H groups in total. The van der Waals surface area contributed by atoms with Crippen molar-refractivity contribution >= 4 is 35.3 Å². The fourth-order valence-electron chi connectivity index (χ4n) is 5.06. The molecule has 0 fully saturated rings. The Morgan fingerprint density at radius 3 is 2.53 bits per heavy atom. The summed E-state index contributed by atoms with van der Waals surface area (Å²) in [7, 11) is 3.96. The molecular weight excluding hydrogens is 522 g/mol. The van der Waals surface area contributed by atoms with Gasteiger partial charge in [0.2, 0.25) is 5.89 Å². The van der Waals surface area contributed by atoms with Gasteiger partial charge in [-0.15, -0.1) is 24.2 Å². The molecule has 1 aliphatic rings. The fraction of sp³-hybridized carbons (Fsp3) is 0.407. The third kappa shape index (κ3) is 5.12. The fourth-order valence-corrected chi connectivity index (χ4v) is 5.95. The number of oxazole rings is 2. The van der Waals surface area contributed by atoms with Gasteiger partial charge in [0.25, 0.3) is 0 Å². The summed E-state index contributed by atoms with van der Waals surface area (Å²) in [5.41, 5.74) is 7.26. The zero-order chi connectivity index (χ0) is 25.5. The molecule has 0 unspecified atom stereocenters. The number of benzene rings is 1. The second-order valence-corrected chi connectivity index (χ2v) is 10.8. The molecule has 6 rings (SSSR count). The first-order valence-electron chi connectivity index (χ1n) is 12.7. The van der Waals surface area contributed by atoms with E-state index in [1.165, 1.54) is 17.5 Å². The number of hydrogen-bond acceptors (Lipinski definition) is 8. The van der Waals surface area contributed by atoms with Gasteiger partial charge in [-0.2, -0.15) is 5.10 Å². The number of aromatic nitrogens is 6. The number of fused-ring (bicyclic) bond motifs is 2. The Hall–Kier alpha value is -3.08. The molecule has 38 heavy (non-hydrogen) atoms. The maximum Gasteiger partial charge on any atom is 0.245 e. The maximum absolute atomic E-state index is 6.14. The quantitative estimate of drug-likeness (QED) is 0.200. The highest BCUT2D eigenvalue weighted by Crippen LogP contribution is 2.29. The number of rotatable bonds is 7. The second-order valence-electron chi connectivity index (χ2n) is 9.69. The minimum absolute atomic E-state index is 0. The molecule has 0 aliphatic carbocycles. The van der Waals surface area contributed by atoms with Crippen LogP contribution in [0.25, 0.3) is 34.3 Å². The average molecular weight is 554 g/mol. The van der Waals surface area contributed by atoms with Gasteiger partial charge in [0.1, 0.15) is 11.2 Å². The maximum atomic E-state index is 6.14. The molecule has 0 saturated heterocycles. The highest BCUT2D eigenvalue weighted by Gasteiger charge is 2.19. The zero-order valence-corrected chi connectivity index (χ0v) is 23.7. The van der Waals surface area contributed by atoms with Crippen molar-refractivity contribution in [3.8, 4) is 23.2 Å². The van der Waals surface area contributed by atoms with E-state index in [2.05, 4.69) is 36.7 Å². The van der Waals surface area contributed by atoms with Gasteiger partial charge in [-0.05, 0) is 69.0 Å². The van der Waals surface area contributed by atoms with Gasteiger partial charge >= 0.3 is 0 Å². The van der Waals surface area contributed by atoms with Crippen LogP contribution in [-0.2, 0) is 26.9 Å². The highest BCUT2D eigenvalue weighted by atomic mass is 35.5. The number of thioether (sulfide) groups is 1. The van der Waals surface area contributed by atoms with Gasteiger partial charge < -0.3 is 18.3 Å². The van der Waals surface area contributed by atoms with Crippen LogP contribution in [0.2, 0.25) is 0 Å². The Morgan fingerprint density at radius 1 is 1.03 bits per heavy atom. The van der Waals surface area contributed by atoms with Crippen LogP contribution in [0.1, 0.15) is 28.9 Å². The molecule has 0 bridgehead atoms. The van der Waals surface area contributed by atoms with E-state index in [1.54, 1.807) is 0 Å². The SMILES string of the molecule is Cc1cc(-c2nc3cc4c(cc3o2)CCN(CCCSc2cnc(-c3ocnc3C)n2C)CC4)n(C)n1.Cl. The molecule has 5 heterocycles. The van der Waals surface area contributed by atoms with Gasteiger partial charge in [-0.25, -0.2) is 15.0 Å². The van der Waals surface area contributed by atoms with E-state index in [0.29, 0.717) is 5.89 Å². The molecule has 4 aromatic heterocycles. The summed E-state index contributed by atoms with van der Waals surface area (Å²) in [5, 5.41) is 5.57. The van der Waals surface area contributed by atoms with Crippen molar-refractivity contribution in [1.29, 1.82) is 0 Å². The lowest BCUT2D eigenvalue weighted by atomic mass is 10.0. The van der Waals surface area contributed by atoms with E-state index < -0.39 is 0 Å². The van der Waals surface area contributed by atoms with Gasteiger partial charge in [0, 0.05) is 32.9 Å². The number of aryl methyl sites for hydroxylation is 3. The third-order valence-electron chi connectivity index (χ3n) is 7.09. The van der Waals surface area contributed by atoms with E-state index in [9.17, 15) is 0 Å². The predicted molar refractivity (Wildman–Crippen MR) is 151 cm³/mol. The van der Waals surface area contributed by atoms with Crippen molar-refractivity contribution in [2.24, 2.45) is 14.1 Å². The Bertz CT molecular complexity index is 1520. The monoisotopic (exact) mass is 553 g/mol. The van der Waals surface area contributed by atoms with Gasteiger partial charge in [-0.1, -0.05) is 0 Å². The largest absolute Gasteiger partial charge is 0.440 e. The summed E-state index contributed by atoms with van der Waals surface area (Å²) in [5.74, 6) is 3.24. The Balaban J connectivity index is 0.00000294. The summed E-state index contributed by atoms with van der Waals surface area (Å²) in [6.07, 6.45) is 6.59. The molecule has 1 aliphatic heterocycles. The Kier molecular flexibility index (Phi) is 7.65. The minimum Gasteiger partial charge on any atom is -0.440 e. The predicted octanol–water partition coefficient (Wildman–Crippen LogP) is 5.24. The summed E-state index contributed by atoms with van der Waals surface area (Å²) in [6, 6.07) is 6.42. The van der Waals surface area contributed by atoms with E-state index in [0.717, 1.165) is 89.4 Å². The van der Waals surface area contributed by atoms with Crippen LogP contribution in [-0.4, -0.2) is 59.6 Å². The molecule has 9 nitrogen and oxygen atoms in total. The molecule has 200 valence electrons. The smallest absolute Gasteiger partial charge is 0.245 e. The van der Waals surface area contributed by atoms with Crippen molar-refractivity contribution in [2.75, 3.05) is 25.4 Å². The van der Waals surface area contributed by atoms with Crippen LogP contribution in [0.15, 0.2) is 44.6 Å². The van der Waals surface area contributed by atoms with Crippen LogP contribution >= 0.6 is 24.2 Å². The first-order chi connectivity index (χ1) is 18.0. The van der Waals surface area contributed by atoms with Crippen LogP contribution in [0.5, 0.6) is 0 Å². The van der Waals surface area contributed by atoms with Crippen molar-refractivity contribution in [3.05, 3.63) is 53.3 Å². The first-order valence-corrected chi connectivity index (χ1v) is 13.7. The zero-order valence-electron chi connectivity index (χ0n) is 22.1. The first kappa shape index (κ1) is 26.5. The minimum atomic E-state index is 0. The molecule has 5 aromatic rings. The lowest BCUT2D eigenvalue weighted by Crippen LogP contribution is -2.27. The Labute approximate surface area is 232 Å². The molecular formula is C27H32ClN7O2S. The highest BCUT2D eigenvalue weighted by molar-refractivity contribution is 7.99. The van der Waals surface area contributed by atoms with E-state index in [4.69, 9.17) is 13.8 Å². The molecule has 0 radical (unpaired) electrons. The molecule has 1 aromatic carbocycles. The molecule has 0 atom stereocenters.